The molecule has 6 nitrogen and oxygen atoms in total. The summed E-state index contributed by atoms with van der Waals surface area (Å²) < 4.78 is 20.0. The molecule has 28 heavy (non-hydrogen) atoms. The SMILES string of the molecule is CC(=O)N1CC2(CCN(C(=O)c3ccc(N(C)C)c(F)c3)CC2)[C@H]2COC[C@H]21. The number of amides is 2. The van der Waals surface area contributed by atoms with Crippen LogP contribution < -0.4 is 4.90 Å². The molecule has 2 atom stereocenters. The minimum absolute atomic E-state index is 0.0314. The van der Waals surface area contributed by atoms with Crippen LogP contribution in [0.5, 0.6) is 0 Å². The van der Waals surface area contributed by atoms with Crippen LogP contribution in [0.4, 0.5) is 10.1 Å². The van der Waals surface area contributed by atoms with Crippen molar-refractivity contribution in [1.29, 1.82) is 0 Å². The van der Waals surface area contributed by atoms with Gasteiger partial charge in [0.1, 0.15) is 5.82 Å². The molecule has 3 fully saturated rings. The zero-order chi connectivity index (χ0) is 20.1. The van der Waals surface area contributed by atoms with Gasteiger partial charge in [-0.15, -0.1) is 0 Å². The van der Waals surface area contributed by atoms with Crippen molar-refractivity contribution in [1.82, 2.24) is 9.80 Å². The molecule has 1 aromatic carbocycles. The first kappa shape index (κ1) is 19.2. The fourth-order valence-electron chi connectivity index (χ4n) is 5.22. The first-order valence-electron chi connectivity index (χ1n) is 9.93. The van der Waals surface area contributed by atoms with Crippen LogP contribution in [0.2, 0.25) is 0 Å². The number of benzene rings is 1. The zero-order valence-electron chi connectivity index (χ0n) is 16.8. The Balaban J connectivity index is 1.46. The lowest BCUT2D eigenvalue weighted by Crippen LogP contribution is -2.47. The monoisotopic (exact) mass is 389 g/mol. The van der Waals surface area contributed by atoms with Crippen LogP contribution in [0.25, 0.3) is 0 Å². The highest BCUT2D eigenvalue weighted by molar-refractivity contribution is 5.94. The van der Waals surface area contributed by atoms with Crippen molar-refractivity contribution >= 4 is 17.5 Å². The summed E-state index contributed by atoms with van der Waals surface area (Å²) in [4.78, 5) is 30.4. The molecule has 2 amide bonds. The minimum atomic E-state index is -0.386. The van der Waals surface area contributed by atoms with Gasteiger partial charge in [-0.1, -0.05) is 0 Å². The third kappa shape index (κ3) is 3.05. The molecule has 1 spiro atoms. The first-order valence-corrected chi connectivity index (χ1v) is 9.93. The standard InChI is InChI=1S/C21H28FN3O3/c1-14(26)25-13-21(16-11-28-12-19(16)25)6-8-24(9-7-21)20(27)15-4-5-18(23(2)3)17(22)10-15/h4-5,10,16,19H,6-9,11-13H2,1-3H3/t16-,19+/m0/s1. The average molecular weight is 389 g/mol. The highest BCUT2D eigenvalue weighted by Crippen LogP contribution is 2.50. The summed E-state index contributed by atoms with van der Waals surface area (Å²) in [7, 11) is 3.55. The molecule has 0 bridgehead atoms. The van der Waals surface area contributed by atoms with Gasteiger partial charge in [0.15, 0.2) is 0 Å². The molecule has 0 unspecified atom stereocenters. The summed E-state index contributed by atoms with van der Waals surface area (Å²) in [6, 6.07) is 4.85. The molecule has 1 aromatic rings. The number of ether oxygens (including phenoxy) is 1. The maximum atomic E-state index is 14.3. The smallest absolute Gasteiger partial charge is 0.253 e. The van der Waals surface area contributed by atoms with Gasteiger partial charge in [0.05, 0.1) is 24.9 Å². The minimum Gasteiger partial charge on any atom is -0.379 e. The molecule has 7 heteroatoms. The van der Waals surface area contributed by atoms with Crippen LogP contribution in [-0.2, 0) is 9.53 Å². The van der Waals surface area contributed by atoms with Gasteiger partial charge in [0.25, 0.3) is 5.91 Å². The van der Waals surface area contributed by atoms with E-state index < -0.39 is 0 Å². The maximum absolute atomic E-state index is 14.3. The second-order valence-corrected chi connectivity index (χ2v) is 8.57. The largest absolute Gasteiger partial charge is 0.379 e. The Hall–Kier alpha value is -2.15. The van der Waals surface area contributed by atoms with Crippen molar-refractivity contribution in [3.63, 3.8) is 0 Å². The first-order chi connectivity index (χ1) is 13.3. The van der Waals surface area contributed by atoms with Crippen molar-refractivity contribution in [2.45, 2.75) is 25.8 Å². The highest BCUT2D eigenvalue weighted by atomic mass is 19.1. The summed E-state index contributed by atoms with van der Waals surface area (Å²) in [5.74, 6) is -0.0549. The number of carbonyl (C=O) groups is 2. The number of hydrogen-bond acceptors (Lipinski definition) is 4. The molecule has 0 aromatic heterocycles. The number of fused-ring (bicyclic) bond motifs is 2. The van der Waals surface area contributed by atoms with E-state index in [1.54, 1.807) is 38.1 Å². The lowest BCUT2D eigenvalue weighted by molar-refractivity contribution is -0.130. The molecular formula is C21H28FN3O3. The Kier molecular flexibility index (Phi) is 4.81. The fraction of sp³-hybridized carbons (Fsp3) is 0.619. The van der Waals surface area contributed by atoms with Crippen LogP contribution in [0.15, 0.2) is 18.2 Å². The molecular weight excluding hydrogens is 361 g/mol. The lowest BCUT2D eigenvalue weighted by atomic mass is 9.70. The number of halogens is 1. The van der Waals surface area contributed by atoms with E-state index in [1.165, 1.54) is 6.07 Å². The van der Waals surface area contributed by atoms with E-state index in [0.717, 1.165) is 19.4 Å². The van der Waals surface area contributed by atoms with E-state index in [0.29, 0.717) is 43.5 Å². The van der Waals surface area contributed by atoms with E-state index in [1.807, 2.05) is 9.80 Å². The van der Waals surface area contributed by atoms with Gasteiger partial charge in [-0.05, 0) is 36.5 Å². The summed E-state index contributed by atoms with van der Waals surface area (Å²) in [6.07, 6.45) is 1.70. The van der Waals surface area contributed by atoms with Gasteiger partial charge in [-0.3, -0.25) is 9.59 Å². The summed E-state index contributed by atoms with van der Waals surface area (Å²) in [5, 5.41) is 0. The Morgan fingerprint density at radius 2 is 1.93 bits per heavy atom. The quantitative estimate of drug-likeness (QED) is 0.776. The van der Waals surface area contributed by atoms with Crippen molar-refractivity contribution < 1.29 is 18.7 Å². The molecule has 0 N–H and O–H groups in total. The Labute approximate surface area is 165 Å². The lowest BCUT2D eigenvalue weighted by Gasteiger charge is -2.42. The number of nitrogens with zero attached hydrogens (tertiary/aromatic N) is 3. The molecule has 3 aliphatic heterocycles. The van der Waals surface area contributed by atoms with E-state index in [-0.39, 0.29) is 29.1 Å². The number of piperidine rings is 1. The summed E-state index contributed by atoms with van der Waals surface area (Å²) in [6.45, 7) is 4.95. The number of carbonyl (C=O) groups excluding carboxylic acids is 2. The topological polar surface area (TPSA) is 53.1 Å². The third-order valence-corrected chi connectivity index (χ3v) is 6.85. The number of anilines is 1. The van der Waals surface area contributed by atoms with E-state index in [9.17, 15) is 14.0 Å². The van der Waals surface area contributed by atoms with Gasteiger partial charge in [0, 0.05) is 52.1 Å². The van der Waals surface area contributed by atoms with Crippen LogP contribution in [0, 0.1) is 17.2 Å². The normalized spacial score (nSPS) is 25.9. The van der Waals surface area contributed by atoms with Crippen LogP contribution in [-0.4, -0.2) is 74.6 Å². The van der Waals surface area contributed by atoms with Gasteiger partial charge >= 0.3 is 0 Å². The molecule has 3 aliphatic rings. The van der Waals surface area contributed by atoms with Crippen molar-refractivity contribution in [3.05, 3.63) is 29.6 Å². The molecule has 0 aliphatic carbocycles. The second kappa shape index (κ2) is 7.03. The maximum Gasteiger partial charge on any atom is 0.253 e. The van der Waals surface area contributed by atoms with E-state index in [4.69, 9.17) is 4.74 Å². The van der Waals surface area contributed by atoms with Crippen molar-refractivity contribution in [3.8, 4) is 0 Å². The molecule has 0 radical (unpaired) electrons. The van der Waals surface area contributed by atoms with E-state index >= 15 is 0 Å². The number of hydrogen-bond donors (Lipinski definition) is 0. The fourth-order valence-corrected chi connectivity index (χ4v) is 5.22. The van der Waals surface area contributed by atoms with Crippen LogP contribution >= 0.6 is 0 Å². The predicted octanol–water partition coefficient (Wildman–Crippen LogP) is 1.99. The van der Waals surface area contributed by atoms with Gasteiger partial charge in [-0.2, -0.15) is 0 Å². The molecule has 3 heterocycles. The van der Waals surface area contributed by atoms with Crippen molar-refractivity contribution in [2.24, 2.45) is 11.3 Å². The predicted molar refractivity (Wildman–Crippen MR) is 104 cm³/mol. The van der Waals surface area contributed by atoms with Gasteiger partial charge in [0.2, 0.25) is 5.91 Å². The molecule has 3 saturated heterocycles. The average Bonchev–Trinajstić information content (AvgIpc) is 3.25. The number of likely N-dealkylation sites (tertiary alicyclic amines) is 2. The van der Waals surface area contributed by atoms with Gasteiger partial charge < -0.3 is 19.4 Å². The Morgan fingerprint density at radius 1 is 1.21 bits per heavy atom. The second-order valence-electron chi connectivity index (χ2n) is 8.57. The van der Waals surface area contributed by atoms with Crippen LogP contribution in [0.3, 0.4) is 0 Å². The Bertz CT molecular complexity index is 789. The van der Waals surface area contributed by atoms with Crippen molar-refractivity contribution in [2.75, 3.05) is 51.8 Å². The summed E-state index contributed by atoms with van der Waals surface area (Å²) >= 11 is 0. The van der Waals surface area contributed by atoms with Crippen LogP contribution in [0.1, 0.15) is 30.1 Å². The van der Waals surface area contributed by atoms with E-state index in [2.05, 4.69) is 0 Å². The summed E-state index contributed by atoms with van der Waals surface area (Å²) in [5.41, 5.74) is 0.888. The Morgan fingerprint density at radius 3 is 2.54 bits per heavy atom. The highest BCUT2D eigenvalue weighted by Gasteiger charge is 2.56. The third-order valence-electron chi connectivity index (χ3n) is 6.85. The number of rotatable bonds is 2. The molecule has 4 rings (SSSR count). The van der Waals surface area contributed by atoms with Gasteiger partial charge in [-0.25, -0.2) is 4.39 Å². The molecule has 152 valence electrons. The molecule has 0 saturated carbocycles. The zero-order valence-corrected chi connectivity index (χ0v) is 16.8.